The number of carbonyl (C=O) groups excluding carboxylic acids is 2. The van der Waals surface area contributed by atoms with Crippen LogP contribution >= 0.6 is 0 Å². The first-order chi connectivity index (χ1) is 14.1. The molecular weight excluding hydrogens is 366 g/mol. The fourth-order valence-electron chi connectivity index (χ4n) is 5.45. The number of piperidine rings is 1. The van der Waals surface area contributed by atoms with Crippen LogP contribution in [0, 0.1) is 0 Å². The van der Waals surface area contributed by atoms with Crippen molar-refractivity contribution in [3.8, 4) is 0 Å². The molecule has 2 aliphatic heterocycles. The number of likely N-dealkylation sites (tertiary alicyclic amines) is 1. The fourth-order valence-corrected chi connectivity index (χ4v) is 5.45. The number of hydrogen-bond acceptors (Lipinski definition) is 3. The number of carbonyl (C=O) groups is 2. The van der Waals surface area contributed by atoms with Crippen LogP contribution in [0.15, 0.2) is 30.5 Å². The van der Waals surface area contributed by atoms with Gasteiger partial charge in [0.2, 0.25) is 0 Å². The van der Waals surface area contributed by atoms with Crippen molar-refractivity contribution in [3.63, 3.8) is 0 Å². The normalized spacial score (nSPS) is 22.4. The predicted octanol–water partition coefficient (Wildman–Crippen LogP) is 3.94. The molecule has 1 saturated carbocycles. The Bertz CT molecular complexity index is 936. The van der Waals surface area contributed by atoms with Crippen LogP contribution in [0.25, 0.3) is 10.9 Å². The van der Waals surface area contributed by atoms with Crippen molar-refractivity contribution in [1.29, 1.82) is 0 Å². The van der Waals surface area contributed by atoms with E-state index in [1.54, 1.807) is 0 Å². The number of amides is 2. The van der Waals surface area contributed by atoms with Gasteiger partial charge < -0.3 is 19.1 Å². The maximum absolute atomic E-state index is 13.2. The zero-order valence-electron chi connectivity index (χ0n) is 17.1. The van der Waals surface area contributed by atoms with Crippen molar-refractivity contribution in [2.75, 3.05) is 19.6 Å². The van der Waals surface area contributed by atoms with Crippen LogP contribution in [-0.2, 0) is 11.8 Å². The number of rotatable bonds is 2. The van der Waals surface area contributed by atoms with Crippen molar-refractivity contribution < 1.29 is 14.3 Å². The predicted molar refractivity (Wildman–Crippen MR) is 111 cm³/mol. The first kappa shape index (κ1) is 18.5. The number of para-hydroxylation sites is 1. The smallest absolute Gasteiger partial charge is 0.410 e. The van der Waals surface area contributed by atoms with E-state index < -0.39 is 0 Å². The number of nitrogens with zero attached hydrogens (tertiary/aromatic N) is 3. The van der Waals surface area contributed by atoms with Gasteiger partial charge in [-0.25, -0.2) is 4.79 Å². The third-order valence-electron chi connectivity index (χ3n) is 7.08. The van der Waals surface area contributed by atoms with Gasteiger partial charge >= 0.3 is 6.09 Å². The third kappa shape index (κ3) is 3.18. The van der Waals surface area contributed by atoms with E-state index in [1.165, 1.54) is 6.42 Å². The van der Waals surface area contributed by atoms with Gasteiger partial charge in [0.1, 0.15) is 5.60 Å². The Kier molecular flexibility index (Phi) is 4.52. The number of ether oxygens (including phenoxy) is 1. The van der Waals surface area contributed by atoms with Gasteiger partial charge in [0, 0.05) is 43.3 Å². The minimum Gasteiger partial charge on any atom is -0.441 e. The Hall–Kier alpha value is -2.50. The van der Waals surface area contributed by atoms with Crippen LogP contribution in [0.4, 0.5) is 4.79 Å². The number of aryl methyl sites for hydroxylation is 1. The van der Waals surface area contributed by atoms with E-state index in [1.807, 2.05) is 51.9 Å². The van der Waals surface area contributed by atoms with Crippen LogP contribution < -0.4 is 0 Å². The molecule has 5 rings (SSSR count). The van der Waals surface area contributed by atoms with Gasteiger partial charge in [-0.15, -0.1) is 0 Å². The molecule has 1 aromatic carbocycles. The lowest BCUT2D eigenvalue weighted by atomic mass is 9.84. The molecule has 2 amide bonds. The molecule has 0 bridgehead atoms. The third-order valence-corrected chi connectivity index (χ3v) is 7.08. The van der Waals surface area contributed by atoms with E-state index in [9.17, 15) is 9.59 Å². The van der Waals surface area contributed by atoms with Gasteiger partial charge in [-0.2, -0.15) is 0 Å². The molecule has 2 saturated heterocycles. The average molecular weight is 396 g/mol. The Labute approximate surface area is 171 Å². The second-order valence-corrected chi connectivity index (χ2v) is 8.93. The molecule has 0 radical (unpaired) electrons. The van der Waals surface area contributed by atoms with Gasteiger partial charge in [0.15, 0.2) is 0 Å². The molecule has 6 nitrogen and oxygen atoms in total. The topological polar surface area (TPSA) is 54.8 Å². The van der Waals surface area contributed by atoms with Crippen molar-refractivity contribution >= 4 is 22.9 Å². The van der Waals surface area contributed by atoms with E-state index in [-0.39, 0.29) is 23.6 Å². The van der Waals surface area contributed by atoms with Crippen LogP contribution in [0.1, 0.15) is 55.3 Å². The summed E-state index contributed by atoms with van der Waals surface area (Å²) < 4.78 is 7.87. The van der Waals surface area contributed by atoms with Gasteiger partial charge in [0.05, 0.1) is 12.1 Å². The fraction of sp³-hybridized carbons (Fsp3) is 0.565. The SMILES string of the molecule is Cn1cc(C(=O)N2CCC(N3CC4(CCCCC4)OC3=O)CC2)c2ccccc21. The Balaban J connectivity index is 1.26. The quantitative estimate of drug-likeness (QED) is 0.774. The lowest BCUT2D eigenvalue weighted by molar-refractivity contribution is 0.0259. The summed E-state index contributed by atoms with van der Waals surface area (Å²) in [4.78, 5) is 29.6. The lowest BCUT2D eigenvalue weighted by Gasteiger charge is -2.36. The molecule has 6 heteroatoms. The highest BCUT2D eigenvalue weighted by Crippen LogP contribution is 2.38. The van der Waals surface area contributed by atoms with Crippen LogP contribution in [0.3, 0.4) is 0 Å². The Morgan fingerprint density at radius 3 is 2.59 bits per heavy atom. The zero-order valence-corrected chi connectivity index (χ0v) is 17.1. The molecule has 3 aliphatic rings. The van der Waals surface area contributed by atoms with E-state index in [4.69, 9.17) is 4.74 Å². The van der Waals surface area contributed by atoms with Crippen LogP contribution in [0.2, 0.25) is 0 Å². The summed E-state index contributed by atoms with van der Waals surface area (Å²) in [6, 6.07) is 8.21. The maximum Gasteiger partial charge on any atom is 0.410 e. The largest absolute Gasteiger partial charge is 0.441 e. The van der Waals surface area contributed by atoms with Crippen molar-refractivity contribution in [3.05, 3.63) is 36.0 Å². The highest BCUT2D eigenvalue weighted by molar-refractivity contribution is 6.07. The minimum absolute atomic E-state index is 0.0907. The first-order valence-electron chi connectivity index (χ1n) is 10.9. The van der Waals surface area contributed by atoms with Crippen LogP contribution in [-0.4, -0.2) is 57.6 Å². The van der Waals surface area contributed by atoms with Crippen LogP contribution in [0.5, 0.6) is 0 Å². The molecule has 29 heavy (non-hydrogen) atoms. The molecule has 154 valence electrons. The van der Waals surface area contributed by atoms with Crippen molar-refractivity contribution in [2.24, 2.45) is 7.05 Å². The second-order valence-electron chi connectivity index (χ2n) is 8.93. The monoisotopic (exact) mass is 395 g/mol. The molecule has 0 atom stereocenters. The molecule has 2 aromatic rings. The van der Waals surface area contributed by atoms with Gasteiger partial charge in [-0.1, -0.05) is 24.6 Å². The number of fused-ring (bicyclic) bond motifs is 1. The highest BCUT2D eigenvalue weighted by Gasteiger charge is 2.48. The number of hydrogen-bond donors (Lipinski definition) is 0. The molecule has 1 aromatic heterocycles. The van der Waals surface area contributed by atoms with Gasteiger partial charge in [-0.3, -0.25) is 4.79 Å². The summed E-state index contributed by atoms with van der Waals surface area (Å²) in [6.45, 7) is 2.10. The molecular formula is C23H29N3O3. The molecule has 1 aliphatic carbocycles. The van der Waals surface area contributed by atoms with E-state index in [0.29, 0.717) is 13.1 Å². The summed E-state index contributed by atoms with van der Waals surface area (Å²) in [5.41, 5.74) is 1.59. The second kappa shape index (κ2) is 7.08. The molecule has 0 unspecified atom stereocenters. The van der Waals surface area contributed by atoms with E-state index in [2.05, 4.69) is 0 Å². The minimum atomic E-state index is -0.245. The van der Waals surface area contributed by atoms with E-state index in [0.717, 1.165) is 61.5 Å². The summed E-state index contributed by atoms with van der Waals surface area (Å²) in [5, 5.41) is 1.00. The molecule has 3 heterocycles. The first-order valence-corrected chi connectivity index (χ1v) is 10.9. The zero-order chi connectivity index (χ0) is 20.0. The molecule has 0 N–H and O–H groups in total. The Morgan fingerprint density at radius 2 is 1.83 bits per heavy atom. The summed E-state index contributed by atoms with van der Waals surface area (Å²) in [6.07, 6.45) is 8.96. The van der Waals surface area contributed by atoms with E-state index >= 15 is 0 Å². The summed E-state index contributed by atoms with van der Waals surface area (Å²) >= 11 is 0. The standard InChI is InChI=1S/C23H29N3O3/c1-24-15-19(18-7-3-4-8-20(18)24)21(27)25-13-9-17(10-14-25)26-16-23(29-22(26)28)11-5-2-6-12-23/h3-4,7-8,15,17H,2,5-6,9-14,16H2,1H3. The summed E-state index contributed by atoms with van der Waals surface area (Å²) in [7, 11) is 1.98. The number of aromatic nitrogens is 1. The lowest BCUT2D eigenvalue weighted by Crippen LogP contribution is -2.48. The number of benzene rings is 1. The van der Waals surface area contributed by atoms with Crippen molar-refractivity contribution in [1.82, 2.24) is 14.4 Å². The van der Waals surface area contributed by atoms with Gasteiger partial charge in [-0.05, 0) is 44.6 Å². The highest BCUT2D eigenvalue weighted by atomic mass is 16.6. The van der Waals surface area contributed by atoms with Crippen molar-refractivity contribution in [2.45, 2.75) is 56.6 Å². The molecule has 1 spiro atoms. The Morgan fingerprint density at radius 1 is 1.10 bits per heavy atom. The average Bonchev–Trinajstić information content (AvgIpc) is 3.25. The summed E-state index contributed by atoms with van der Waals surface area (Å²) in [5.74, 6) is 0.0907. The molecule has 3 fully saturated rings. The maximum atomic E-state index is 13.2. The van der Waals surface area contributed by atoms with Gasteiger partial charge in [0.25, 0.3) is 5.91 Å².